The summed E-state index contributed by atoms with van der Waals surface area (Å²) in [7, 11) is -1.11. The van der Waals surface area contributed by atoms with E-state index in [9.17, 15) is 0 Å². The first kappa shape index (κ1) is 14.6. The molecule has 0 spiro atoms. The molecule has 0 saturated heterocycles. The van der Waals surface area contributed by atoms with E-state index >= 15 is 0 Å². The zero-order valence-corrected chi connectivity index (χ0v) is 13.5. The van der Waals surface area contributed by atoms with Gasteiger partial charge in [-0.1, -0.05) is 29.8 Å². The fourth-order valence-electron chi connectivity index (χ4n) is 1.62. The summed E-state index contributed by atoms with van der Waals surface area (Å²) in [6.45, 7) is 8.48. The third-order valence-electron chi connectivity index (χ3n) is 2.38. The van der Waals surface area contributed by atoms with Crippen molar-refractivity contribution in [1.82, 2.24) is 0 Å². The first-order valence-corrected chi connectivity index (χ1v) is 10.8. The van der Waals surface area contributed by atoms with Crippen LogP contribution in [0.3, 0.4) is 0 Å². The summed E-state index contributed by atoms with van der Waals surface area (Å²) in [4.78, 5) is 0. The average Bonchev–Trinajstić information content (AvgIpc) is 2.26. The molecule has 1 aromatic carbocycles. The van der Waals surface area contributed by atoms with Gasteiger partial charge in [0.05, 0.1) is 0 Å². The molecule has 0 aliphatic heterocycles. The lowest BCUT2D eigenvalue weighted by atomic mass is 10.2. The summed E-state index contributed by atoms with van der Waals surface area (Å²) in [6, 6.07) is 8.19. The Labute approximate surface area is 106 Å². The van der Waals surface area contributed by atoms with Gasteiger partial charge in [0.15, 0.2) is 8.32 Å². The maximum Gasteiger partial charge on any atom is 0.526 e. The second-order valence-electron chi connectivity index (χ2n) is 5.04. The number of hydrogen-bond acceptors (Lipinski definition) is 3. The number of aryl methyl sites for hydroxylation is 1. The lowest BCUT2D eigenvalue weighted by Crippen LogP contribution is -2.59. The average molecular weight is 270 g/mol. The normalized spacial score (nSPS) is 12.8. The van der Waals surface area contributed by atoms with Crippen LogP contribution in [-0.4, -0.2) is 31.3 Å². The summed E-state index contributed by atoms with van der Waals surface area (Å²) < 4.78 is 17.4. The fraction of sp³-hybridized carbons (Fsp3) is 0.500. The van der Waals surface area contributed by atoms with Gasteiger partial charge in [-0.05, 0) is 26.6 Å². The minimum atomic E-state index is -2.72. The van der Waals surface area contributed by atoms with E-state index in [4.69, 9.17) is 13.0 Å². The van der Waals surface area contributed by atoms with Gasteiger partial charge in [-0.2, -0.15) is 0 Å². The van der Waals surface area contributed by atoms with Crippen LogP contribution in [0.1, 0.15) is 5.56 Å². The smallest absolute Gasteiger partial charge is 0.413 e. The second kappa shape index (κ2) is 5.45. The molecule has 3 nitrogen and oxygen atoms in total. The van der Waals surface area contributed by atoms with Crippen molar-refractivity contribution in [3.63, 3.8) is 0 Å². The lowest BCUT2D eigenvalue weighted by molar-refractivity contribution is 0.175. The van der Waals surface area contributed by atoms with E-state index in [1.54, 1.807) is 14.2 Å². The highest BCUT2D eigenvalue weighted by Gasteiger charge is 2.45. The van der Waals surface area contributed by atoms with Crippen molar-refractivity contribution in [2.45, 2.75) is 26.6 Å². The van der Waals surface area contributed by atoms with Gasteiger partial charge >= 0.3 is 8.80 Å². The van der Waals surface area contributed by atoms with Crippen LogP contribution < -0.4 is 5.19 Å². The van der Waals surface area contributed by atoms with Gasteiger partial charge in [0.25, 0.3) is 0 Å². The minimum absolute atomic E-state index is 1.02. The van der Waals surface area contributed by atoms with Crippen molar-refractivity contribution in [2.75, 3.05) is 14.2 Å². The molecule has 0 atom stereocenters. The molecule has 5 heteroatoms. The maximum absolute atomic E-state index is 6.18. The molecule has 0 fully saturated rings. The minimum Gasteiger partial charge on any atom is -0.413 e. The van der Waals surface area contributed by atoms with Crippen LogP contribution in [0.4, 0.5) is 0 Å². The van der Waals surface area contributed by atoms with Crippen LogP contribution in [0.2, 0.25) is 19.6 Å². The quantitative estimate of drug-likeness (QED) is 0.768. The topological polar surface area (TPSA) is 27.7 Å². The van der Waals surface area contributed by atoms with Crippen molar-refractivity contribution in [2.24, 2.45) is 0 Å². The van der Waals surface area contributed by atoms with Crippen molar-refractivity contribution in [3.8, 4) is 0 Å². The Balaban J connectivity index is 3.10. The molecule has 96 valence electrons. The predicted octanol–water partition coefficient (Wildman–Crippen LogP) is 2.29. The van der Waals surface area contributed by atoms with Crippen LogP contribution in [0.25, 0.3) is 0 Å². The van der Waals surface area contributed by atoms with Crippen LogP contribution in [-0.2, 0) is 13.0 Å². The van der Waals surface area contributed by atoms with Crippen molar-refractivity contribution >= 4 is 22.3 Å². The largest absolute Gasteiger partial charge is 0.526 e. The zero-order valence-electron chi connectivity index (χ0n) is 11.5. The van der Waals surface area contributed by atoms with E-state index in [0.717, 1.165) is 5.19 Å². The molecule has 0 heterocycles. The molecule has 17 heavy (non-hydrogen) atoms. The van der Waals surface area contributed by atoms with E-state index in [0.29, 0.717) is 0 Å². The Bertz CT molecular complexity index is 353. The second-order valence-corrected chi connectivity index (χ2v) is 12.6. The molecule has 1 rings (SSSR count). The number of rotatable bonds is 5. The van der Waals surface area contributed by atoms with Crippen LogP contribution in [0.15, 0.2) is 24.3 Å². The highest BCUT2D eigenvalue weighted by Crippen LogP contribution is 2.16. The van der Waals surface area contributed by atoms with E-state index in [1.807, 2.05) is 12.1 Å². The summed E-state index contributed by atoms with van der Waals surface area (Å²) in [5, 5.41) is 1.02. The van der Waals surface area contributed by atoms with Crippen LogP contribution in [0, 0.1) is 6.92 Å². The van der Waals surface area contributed by atoms with Crippen molar-refractivity contribution in [3.05, 3.63) is 29.8 Å². The maximum atomic E-state index is 6.18. The molecule has 0 N–H and O–H groups in total. The van der Waals surface area contributed by atoms with Gasteiger partial charge in [0.2, 0.25) is 0 Å². The van der Waals surface area contributed by atoms with Gasteiger partial charge in [-0.3, -0.25) is 0 Å². The van der Waals surface area contributed by atoms with Crippen molar-refractivity contribution in [1.29, 1.82) is 0 Å². The third kappa shape index (κ3) is 3.75. The summed E-state index contributed by atoms with van der Waals surface area (Å²) in [5.41, 5.74) is 1.22. The first-order chi connectivity index (χ1) is 7.83. The van der Waals surface area contributed by atoms with E-state index < -0.39 is 17.1 Å². The van der Waals surface area contributed by atoms with Gasteiger partial charge in [0.1, 0.15) is 0 Å². The highest BCUT2D eigenvalue weighted by atomic mass is 28.5. The van der Waals surface area contributed by atoms with Crippen molar-refractivity contribution < 1.29 is 13.0 Å². The standard InChI is InChI=1S/C12H22O3Si2/c1-11-7-9-12(10-8-11)17(13-2,14-3)15-16(4,5)6/h7-10H,1-6H3. The SMILES string of the molecule is CO[Si](OC)(O[Si](C)(C)C)c1ccc(C)cc1. The molecule has 0 aliphatic carbocycles. The molecule has 0 amide bonds. The molecule has 0 aromatic heterocycles. The summed E-state index contributed by atoms with van der Waals surface area (Å²) >= 11 is 0. The molecular formula is C12H22O3Si2. The van der Waals surface area contributed by atoms with Gasteiger partial charge in [0, 0.05) is 19.4 Å². The summed E-state index contributed by atoms with van der Waals surface area (Å²) in [5.74, 6) is 0. The van der Waals surface area contributed by atoms with Gasteiger partial charge in [-0.15, -0.1) is 0 Å². The molecular weight excluding hydrogens is 248 g/mol. The Morgan fingerprint density at radius 1 is 0.882 bits per heavy atom. The third-order valence-corrected chi connectivity index (χ3v) is 8.02. The van der Waals surface area contributed by atoms with Crippen LogP contribution >= 0.6 is 0 Å². The first-order valence-electron chi connectivity index (χ1n) is 5.70. The molecule has 0 unspecified atom stereocenters. The van der Waals surface area contributed by atoms with E-state index in [2.05, 4.69) is 38.7 Å². The van der Waals surface area contributed by atoms with Gasteiger partial charge < -0.3 is 13.0 Å². The Morgan fingerprint density at radius 2 is 1.35 bits per heavy atom. The molecule has 1 aromatic rings. The molecule has 0 aliphatic rings. The highest BCUT2D eigenvalue weighted by molar-refractivity contribution is 6.86. The number of hydrogen-bond donors (Lipinski definition) is 0. The lowest BCUT2D eigenvalue weighted by Gasteiger charge is -2.33. The number of benzene rings is 1. The Kier molecular flexibility index (Phi) is 4.68. The predicted molar refractivity (Wildman–Crippen MR) is 75.0 cm³/mol. The Morgan fingerprint density at radius 3 is 1.71 bits per heavy atom. The monoisotopic (exact) mass is 270 g/mol. The Hall–Kier alpha value is -0.466. The zero-order chi connectivity index (χ0) is 13.1. The molecule has 0 radical (unpaired) electrons. The summed E-state index contributed by atoms with van der Waals surface area (Å²) in [6.07, 6.45) is 0. The van der Waals surface area contributed by atoms with E-state index in [-0.39, 0.29) is 0 Å². The molecule has 0 bridgehead atoms. The van der Waals surface area contributed by atoms with E-state index in [1.165, 1.54) is 5.56 Å². The van der Waals surface area contributed by atoms with Gasteiger partial charge in [-0.25, -0.2) is 0 Å². The molecule has 0 saturated carbocycles. The fourth-order valence-corrected chi connectivity index (χ4v) is 7.20. The van der Waals surface area contributed by atoms with Crippen LogP contribution in [0.5, 0.6) is 0 Å².